The van der Waals surface area contributed by atoms with Gasteiger partial charge in [-0.3, -0.25) is 0 Å². The first-order valence-electron chi connectivity index (χ1n) is 6.91. The average molecular weight is 247 g/mol. The van der Waals surface area contributed by atoms with Crippen molar-refractivity contribution in [2.45, 2.75) is 31.1 Å². The number of rotatable bonds is 3. The molecule has 2 aromatic rings. The van der Waals surface area contributed by atoms with Crippen LogP contribution in [0.25, 0.3) is 0 Å². The molecule has 1 aliphatic rings. The molecule has 0 aliphatic heterocycles. The van der Waals surface area contributed by atoms with Crippen molar-refractivity contribution in [1.82, 2.24) is 0 Å². The van der Waals surface area contributed by atoms with Gasteiger partial charge >= 0.3 is 0 Å². The Kier molecular flexibility index (Phi) is 3.33. The van der Waals surface area contributed by atoms with Gasteiger partial charge in [0.05, 0.1) is 6.07 Å². The van der Waals surface area contributed by atoms with Gasteiger partial charge in [0.15, 0.2) is 0 Å². The lowest BCUT2D eigenvalue weighted by molar-refractivity contribution is 0.599. The number of nitrogens with zero attached hydrogens (tertiary/aromatic N) is 1. The average Bonchev–Trinajstić information content (AvgIpc) is 2.85. The fraction of sp³-hybridized carbons (Fsp3) is 0.278. The maximum Gasteiger partial charge on any atom is 0.0621 e. The molecule has 1 aliphatic carbocycles. The van der Waals surface area contributed by atoms with E-state index in [1.165, 1.54) is 16.7 Å². The van der Waals surface area contributed by atoms with E-state index in [1.54, 1.807) is 0 Å². The summed E-state index contributed by atoms with van der Waals surface area (Å²) < 4.78 is 0. The smallest absolute Gasteiger partial charge is 0.0621 e. The second-order valence-corrected chi connectivity index (χ2v) is 5.22. The van der Waals surface area contributed by atoms with Gasteiger partial charge in [0.2, 0.25) is 0 Å². The van der Waals surface area contributed by atoms with Crippen LogP contribution in [0, 0.1) is 11.3 Å². The Morgan fingerprint density at radius 2 is 1.63 bits per heavy atom. The van der Waals surface area contributed by atoms with E-state index in [4.69, 9.17) is 5.26 Å². The van der Waals surface area contributed by atoms with Crippen molar-refractivity contribution in [3.63, 3.8) is 0 Å². The van der Waals surface area contributed by atoms with Crippen LogP contribution in [0.1, 0.15) is 47.8 Å². The summed E-state index contributed by atoms with van der Waals surface area (Å²) in [5, 5.41) is 8.81. The number of nitriles is 1. The second kappa shape index (κ2) is 5.28. The minimum Gasteiger partial charge on any atom is -0.198 e. The lowest BCUT2D eigenvalue weighted by Crippen LogP contribution is -1.96. The van der Waals surface area contributed by atoms with E-state index in [0.29, 0.717) is 18.3 Å². The van der Waals surface area contributed by atoms with E-state index >= 15 is 0 Å². The Morgan fingerprint density at radius 1 is 0.947 bits per heavy atom. The Balaban J connectivity index is 1.95. The fourth-order valence-corrected chi connectivity index (χ4v) is 3.25. The third-order valence-electron chi connectivity index (χ3n) is 4.14. The van der Waals surface area contributed by atoms with Gasteiger partial charge in [0, 0.05) is 12.3 Å². The van der Waals surface area contributed by atoms with Crippen LogP contribution < -0.4 is 0 Å². The van der Waals surface area contributed by atoms with Crippen LogP contribution in [-0.2, 0) is 0 Å². The van der Waals surface area contributed by atoms with Gasteiger partial charge in [0.25, 0.3) is 0 Å². The topological polar surface area (TPSA) is 23.8 Å². The molecule has 0 amide bonds. The predicted molar refractivity (Wildman–Crippen MR) is 76.9 cm³/mol. The van der Waals surface area contributed by atoms with E-state index in [2.05, 4.69) is 60.7 Å². The summed E-state index contributed by atoms with van der Waals surface area (Å²) in [5.74, 6) is 1.04. The highest BCUT2D eigenvalue weighted by atomic mass is 14.3. The SMILES string of the molecule is N#CCC[C@@H]1C[C@H](c2ccccc2)c2ccccc21. The molecule has 3 rings (SSSR count). The zero-order valence-corrected chi connectivity index (χ0v) is 10.9. The van der Waals surface area contributed by atoms with Crippen LogP contribution in [0.3, 0.4) is 0 Å². The first-order chi connectivity index (χ1) is 9.40. The molecule has 0 radical (unpaired) electrons. The monoisotopic (exact) mass is 247 g/mol. The van der Waals surface area contributed by atoms with E-state index in [-0.39, 0.29) is 0 Å². The molecule has 0 N–H and O–H groups in total. The van der Waals surface area contributed by atoms with Crippen molar-refractivity contribution in [2.75, 3.05) is 0 Å². The summed E-state index contributed by atoms with van der Waals surface area (Å²) >= 11 is 0. The standard InChI is InChI=1S/C18H17N/c19-12-6-9-15-13-18(14-7-2-1-3-8-14)17-11-5-4-10-16(15)17/h1-5,7-8,10-11,15,18H,6,9,13H2/t15-,18-/m1/s1. The summed E-state index contributed by atoms with van der Waals surface area (Å²) in [6.07, 6.45) is 2.78. The maximum absolute atomic E-state index is 8.81. The Hall–Kier alpha value is -2.07. The van der Waals surface area contributed by atoms with Crippen LogP contribution in [0.4, 0.5) is 0 Å². The zero-order chi connectivity index (χ0) is 13.1. The van der Waals surface area contributed by atoms with E-state index in [0.717, 1.165) is 12.8 Å². The first-order valence-corrected chi connectivity index (χ1v) is 6.91. The van der Waals surface area contributed by atoms with Gasteiger partial charge in [-0.25, -0.2) is 0 Å². The van der Waals surface area contributed by atoms with Gasteiger partial charge in [-0.15, -0.1) is 0 Å². The summed E-state index contributed by atoms with van der Waals surface area (Å²) in [6.45, 7) is 0. The summed E-state index contributed by atoms with van der Waals surface area (Å²) in [5.41, 5.74) is 4.30. The van der Waals surface area contributed by atoms with Crippen molar-refractivity contribution in [1.29, 1.82) is 5.26 Å². The zero-order valence-electron chi connectivity index (χ0n) is 10.9. The molecule has 0 heterocycles. The molecule has 0 saturated heterocycles. The molecule has 0 saturated carbocycles. The van der Waals surface area contributed by atoms with Gasteiger partial charge in [-0.05, 0) is 35.4 Å². The van der Waals surface area contributed by atoms with Crippen LogP contribution in [0.5, 0.6) is 0 Å². The minimum atomic E-state index is 0.501. The quantitative estimate of drug-likeness (QED) is 0.777. The van der Waals surface area contributed by atoms with Crippen LogP contribution in [0.2, 0.25) is 0 Å². The molecule has 0 spiro atoms. The molecule has 2 aromatic carbocycles. The highest BCUT2D eigenvalue weighted by Crippen LogP contribution is 2.46. The fourth-order valence-electron chi connectivity index (χ4n) is 3.25. The van der Waals surface area contributed by atoms with E-state index in [9.17, 15) is 0 Å². The highest BCUT2D eigenvalue weighted by Gasteiger charge is 2.30. The molecule has 0 aromatic heterocycles. The number of hydrogen-bond donors (Lipinski definition) is 0. The molecule has 0 bridgehead atoms. The second-order valence-electron chi connectivity index (χ2n) is 5.22. The van der Waals surface area contributed by atoms with E-state index in [1.807, 2.05) is 0 Å². The molecule has 0 unspecified atom stereocenters. The molecule has 94 valence electrons. The van der Waals surface area contributed by atoms with Crippen molar-refractivity contribution in [3.8, 4) is 6.07 Å². The molecule has 0 fully saturated rings. The Labute approximate surface area is 114 Å². The molecular formula is C18H17N. The number of benzene rings is 2. The van der Waals surface area contributed by atoms with Crippen molar-refractivity contribution >= 4 is 0 Å². The van der Waals surface area contributed by atoms with Crippen LogP contribution in [-0.4, -0.2) is 0 Å². The first kappa shape index (κ1) is 12.0. The molecule has 1 heteroatoms. The molecular weight excluding hydrogens is 230 g/mol. The van der Waals surface area contributed by atoms with Gasteiger partial charge < -0.3 is 0 Å². The lowest BCUT2D eigenvalue weighted by Gasteiger charge is -2.12. The summed E-state index contributed by atoms with van der Waals surface area (Å²) in [7, 11) is 0. The lowest BCUT2D eigenvalue weighted by atomic mass is 9.92. The number of fused-ring (bicyclic) bond motifs is 1. The van der Waals surface area contributed by atoms with Gasteiger partial charge in [-0.1, -0.05) is 54.6 Å². The minimum absolute atomic E-state index is 0.501. The van der Waals surface area contributed by atoms with Gasteiger partial charge in [0.1, 0.15) is 0 Å². The summed E-state index contributed by atoms with van der Waals surface area (Å²) in [6, 6.07) is 21.7. The Bertz CT molecular complexity index is 595. The van der Waals surface area contributed by atoms with Crippen LogP contribution in [0.15, 0.2) is 54.6 Å². The van der Waals surface area contributed by atoms with E-state index < -0.39 is 0 Å². The van der Waals surface area contributed by atoms with Crippen molar-refractivity contribution in [2.24, 2.45) is 0 Å². The molecule has 2 atom stereocenters. The summed E-state index contributed by atoms with van der Waals surface area (Å²) in [4.78, 5) is 0. The Morgan fingerprint density at radius 3 is 2.37 bits per heavy atom. The van der Waals surface area contributed by atoms with Crippen molar-refractivity contribution in [3.05, 3.63) is 71.3 Å². The van der Waals surface area contributed by atoms with Crippen molar-refractivity contribution < 1.29 is 0 Å². The van der Waals surface area contributed by atoms with Gasteiger partial charge in [-0.2, -0.15) is 5.26 Å². The molecule has 19 heavy (non-hydrogen) atoms. The number of hydrogen-bond acceptors (Lipinski definition) is 1. The third-order valence-corrected chi connectivity index (χ3v) is 4.14. The normalized spacial score (nSPS) is 20.8. The maximum atomic E-state index is 8.81. The van der Waals surface area contributed by atoms with Crippen LogP contribution >= 0.6 is 0 Å². The highest BCUT2D eigenvalue weighted by molar-refractivity contribution is 5.44. The largest absolute Gasteiger partial charge is 0.198 e. The third kappa shape index (κ3) is 2.27. The predicted octanol–water partition coefficient (Wildman–Crippen LogP) is 4.61. The molecule has 1 nitrogen and oxygen atoms in total.